The highest BCUT2D eigenvalue weighted by Crippen LogP contribution is 2.05. The quantitative estimate of drug-likeness (QED) is 0.647. The predicted octanol–water partition coefficient (Wildman–Crippen LogP) is 0.565. The Morgan fingerprint density at radius 1 is 1.35 bits per heavy atom. The molecule has 0 aliphatic rings. The molecule has 3 heterocycles. The predicted molar refractivity (Wildman–Crippen MR) is 85.7 cm³/mol. The van der Waals surface area contributed by atoms with Gasteiger partial charge in [0.05, 0.1) is 5.69 Å². The van der Waals surface area contributed by atoms with Gasteiger partial charge in [0.15, 0.2) is 5.65 Å². The van der Waals surface area contributed by atoms with Crippen LogP contribution in [-0.4, -0.2) is 36.8 Å². The summed E-state index contributed by atoms with van der Waals surface area (Å²) in [5.41, 5.74) is 7.39. The minimum atomic E-state index is -0.106. The normalized spacial score (nSPS) is 11.0. The maximum atomic E-state index is 11.9. The van der Waals surface area contributed by atoms with E-state index in [0.29, 0.717) is 12.4 Å². The Morgan fingerprint density at radius 2 is 2.22 bits per heavy atom. The molecule has 1 amide bonds. The van der Waals surface area contributed by atoms with Gasteiger partial charge in [0.2, 0.25) is 5.91 Å². The number of nitrogens with one attached hydrogen (secondary N) is 1. The summed E-state index contributed by atoms with van der Waals surface area (Å²) in [6.45, 7) is 2.54. The minimum absolute atomic E-state index is 0.106. The Balaban J connectivity index is 1.46. The largest absolute Gasteiger partial charge is 0.384 e. The van der Waals surface area contributed by atoms with Gasteiger partial charge < -0.3 is 11.1 Å². The molecule has 0 saturated heterocycles. The number of nitrogens with zero attached hydrogens (tertiary/aromatic N) is 5. The Bertz CT molecular complexity index is 820. The van der Waals surface area contributed by atoms with Crippen LogP contribution in [0.25, 0.3) is 5.65 Å². The number of fused-ring (bicyclic) bond motifs is 1. The summed E-state index contributed by atoms with van der Waals surface area (Å²) >= 11 is 0. The standard InChI is InChI=1S/C15H19N7O/c1-11-9-12(16)22(20-11)10-15(23)17-7-4-6-14-19-18-13-5-2-3-8-21(13)14/h2-3,5,8-9H,4,6-7,10,16H2,1H3,(H,17,23). The lowest BCUT2D eigenvalue weighted by molar-refractivity contribution is -0.121. The van der Waals surface area contributed by atoms with Crippen molar-refractivity contribution in [1.82, 2.24) is 29.7 Å². The molecule has 3 N–H and O–H groups in total. The molecule has 0 aliphatic carbocycles. The number of hydrogen-bond acceptors (Lipinski definition) is 5. The Kier molecular flexibility index (Phi) is 4.22. The van der Waals surface area contributed by atoms with Gasteiger partial charge in [0.1, 0.15) is 18.2 Å². The van der Waals surface area contributed by atoms with Crippen LogP contribution in [0.15, 0.2) is 30.5 Å². The average molecular weight is 313 g/mol. The third kappa shape index (κ3) is 3.47. The van der Waals surface area contributed by atoms with Crippen LogP contribution in [-0.2, 0) is 17.8 Å². The zero-order chi connectivity index (χ0) is 16.2. The molecular formula is C15H19N7O. The topological polar surface area (TPSA) is 103 Å². The molecule has 0 atom stereocenters. The number of nitrogen functional groups attached to an aromatic ring is 1. The second-order valence-corrected chi connectivity index (χ2v) is 5.37. The number of aromatic nitrogens is 5. The van der Waals surface area contributed by atoms with Crippen LogP contribution < -0.4 is 11.1 Å². The Hall–Kier alpha value is -2.90. The van der Waals surface area contributed by atoms with Gasteiger partial charge in [0, 0.05) is 25.2 Å². The number of anilines is 1. The number of rotatable bonds is 6. The van der Waals surface area contributed by atoms with E-state index in [0.717, 1.165) is 30.0 Å². The first kappa shape index (κ1) is 15.0. The molecule has 0 saturated carbocycles. The summed E-state index contributed by atoms with van der Waals surface area (Å²) in [5.74, 6) is 1.28. The lowest BCUT2D eigenvalue weighted by Gasteiger charge is -2.06. The molecule has 8 nitrogen and oxygen atoms in total. The molecule has 3 aromatic rings. The molecule has 0 bridgehead atoms. The Labute approximate surface area is 133 Å². The zero-order valence-electron chi connectivity index (χ0n) is 12.9. The fraction of sp³-hybridized carbons (Fsp3) is 0.333. The second-order valence-electron chi connectivity index (χ2n) is 5.37. The highest BCUT2D eigenvalue weighted by atomic mass is 16.2. The number of carbonyl (C=O) groups excluding carboxylic acids is 1. The van der Waals surface area contributed by atoms with Crippen LogP contribution in [0.5, 0.6) is 0 Å². The van der Waals surface area contributed by atoms with Gasteiger partial charge >= 0.3 is 0 Å². The van der Waals surface area contributed by atoms with Crippen LogP contribution >= 0.6 is 0 Å². The summed E-state index contributed by atoms with van der Waals surface area (Å²) < 4.78 is 3.45. The highest BCUT2D eigenvalue weighted by molar-refractivity contribution is 5.76. The van der Waals surface area contributed by atoms with Crippen LogP contribution in [0.2, 0.25) is 0 Å². The average Bonchev–Trinajstić information content (AvgIpc) is 3.07. The zero-order valence-corrected chi connectivity index (χ0v) is 12.9. The summed E-state index contributed by atoms with van der Waals surface area (Å²) in [6, 6.07) is 7.52. The van der Waals surface area contributed by atoms with E-state index in [2.05, 4.69) is 20.6 Å². The molecule has 0 unspecified atom stereocenters. The van der Waals surface area contributed by atoms with Gasteiger partial charge in [-0.1, -0.05) is 6.07 Å². The lowest BCUT2D eigenvalue weighted by Crippen LogP contribution is -2.29. The van der Waals surface area contributed by atoms with Crippen molar-refractivity contribution < 1.29 is 4.79 Å². The first-order chi connectivity index (χ1) is 11.1. The van der Waals surface area contributed by atoms with E-state index in [4.69, 9.17) is 5.73 Å². The Morgan fingerprint density at radius 3 is 3.00 bits per heavy atom. The molecule has 8 heteroatoms. The molecule has 120 valence electrons. The third-order valence-electron chi connectivity index (χ3n) is 3.51. The molecule has 3 aromatic heterocycles. The van der Waals surface area contributed by atoms with E-state index in [1.807, 2.05) is 35.7 Å². The fourth-order valence-corrected chi connectivity index (χ4v) is 2.42. The van der Waals surface area contributed by atoms with Gasteiger partial charge in [-0.2, -0.15) is 5.10 Å². The van der Waals surface area contributed by atoms with E-state index < -0.39 is 0 Å². The second kappa shape index (κ2) is 6.47. The minimum Gasteiger partial charge on any atom is -0.384 e. The van der Waals surface area contributed by atoms with Crippen LogP contribution in [0.4, 0.5) is 5.82 Å². The maximum absolute atomic E-state index is 11.9. The van der Waals surface area contributed by atoms with Gasteiger partial charge in [-0.15, -0.1) is 10.2 Å². The lowest BCUT2D eigenvalue weighted by atomic mass is 10.3. The van der Waals surface area contributed by atoms with Gasteiger partial charge in [-0.25, -0.2) is 4.68 Å². The van der Waals surface area contributed by atoms with Crippen LogP contribution in [0.3, 0.4) is 0 Å². The van der Waals surface area contributed by atoms with Gasteiger partial charge in [-0.3, -0.25) is 9.20 Å². The monoisotopic (exact) mass is 313 g/mol. The molecule has 0 fully saturated rings. The number of pyridine rings is 1. The van der Waals surface area contributed by atoms with E-state index in [9.17, 15) is 4.79 Å². The first-order valence-electron chi connectivity index (χ1n) is 7.49. The number of nitrogens with two attached hydrogens (primary N) is 1. The fourth-order valence-electron chi connectivity index (χ4n) is 2.42. The summed E-state index contributed by atoms with van der Waals surface area (Å²) in [4.78, 5) is 11.9. The van der Waals surface area contributed by atoms with Crippen molar-refractivity contribution in [3.8, 4) is 0 Å². The van der Waals surface area contributed by atoms with Crippen molar-refractivity contribution in [2.45, 2.75) is 26.3 Å². The van der Waals surface area contributed by atoms with E-state index in [1.165, 1.54) is 4.68 Å². The van der Waals surface area contributed by atoms with E-state index >= 15 is 0 Å². The van der Waals surface area contributed by atoms with Crippen LogP contribution in [0.1, 0.15) is 17.9 Å². The van der Waals surface area contributed by atoms with Crippen molar-refractivity contribution in [3.05, 3.63) is 42.0 Å². The summed E-state index contributed by atoms with van der Waals surface area (Å²) in [6.07, 6.45) is 3.47. The smallest absolute Gasteiger partial charge is 0.241 e. The number of amides is 1. The molecule has 0 aliphatic heterocycles. The first-order valence-corrected chi connectivity index (χ1v) is 7.49. The van der Waals surface area contributed by atoms with Crippen molar-refractivity contribution in [3.63, 3.8) is 0 Å². The molecule has 0 radical (unpaired) electrons. The highest BCUT2D eigenvalue weighted by Gasteiger charge is 2.08. The number of hydrogen-bond donors (Lipinski definition) is 2. The van der Waals surface area contributed by atoms with Crippen molar-refractivity contribution in [2.24, 2.45) is 0 Å². The molecule has 3 rings (SSSR count). The molecule has 0 spiro atoms. The van der Waals surface area contributed by atoms with Crippen molar-refractivity contribution in [2.75, 3.05) is 12.3 Å². The summed E-state index contributed by atoms with van der Waals surface area (Å²) in [5, 5.41) is 15.3. The maximum Gasteiger partial charge on any atom is 0.241 e. The molecule has 23 heavy (non-hydrogen) atoms. The number of aryl methyl sites for hydroxylation is 2. The van der Waals surface area contributed by atoms with Crippen LogP contribution in [0, 0.1) is 6.92 Å². The van der Waals surface area contributed by atoms with E-state index in [-0.39, 0.29) is 12.5 Å². The third-order valence-corrected chi connectivity index (χ3v) is 3.51. The van der Waals surface area contributed by atoms with Gasteiger partial charge in [0.25, 0.3) is 0 Å². The SMILES string of the molecule is Cc1cc(N)n(CC(=O)NCCCc2nnc3ccccn23)n1. The molecular weight excluding hydrogens is 294 g/mol. The molecule has 0 aromatic carbocycles. The van der Waals surface area contributed by atoms with Crippen molar-refractivity contribution in [1.29, 1.82) is 0 Å². The van der Waals surface area contributed by atoms with Crippen molar-refractivity contribution >= 4 is 17.4 Å². The number of carbonyl (C=O) groups is 1. The summed E-state index contributed by atoms with van der Waals surface area (Å²) in [7, 11) is 0. The van der Waals surface area contributed by atoms with E-state index in [1.54, 1.807) is 6.07 Å². The van der Waals surface area contributed by atoms with Gasteiger partial charge in [-0.05, 0) is 25.5 Å².